The summed E-state index contributed by atoms with van der Waals surface area (Å²) in [6.07, 6.45) is 6.39. The molecule has 0 atom stereocenters. The van der Waals surface area contributed by atoms with Gasteiger partial charge in [-0.3, -0.25) is 19.6 Å². The van der Waals surface area contributed by atoms with Crippen LogP contribution in [-0.4, -0.2) is 20.6 Å². The molecule has 0 fully saturated rings. The zero-order valence-electron chi connectivity index (χ0n) is 14.8. The van der Waals surface area contributed by atoms with Gasteiger partial charge in [-0.1, -0.05) is 36.4 Å². The third-order valence-electron chi connectivity index (χ3n) is 3.98. The molecular formula is C20H17N4O4-. The molecule has 1 aromatic heterocycles. The van der Waals surface area contributed by atoms with Crippen molar-refractivity contribution in [3.8, 4) is 5.75 Å². The van der Waals surface area contributed by atoms with Crippen molar-refractivity contribution >= 4 is 17.7 Å². The zero-order chi connectivity index (χ0) is 19.9. The van der Waals surface area contributed by atoms with Gasteiger partial charge in [0.25, 0.3) is 5.69 Å². The molecule has 0 bridgehead atoms. The van der Waals surface area contributed by atoms with Gasteiger partial charge >= 0.3 is 0 Å². The van der Waals surface area contributed by atoms with Crippen LogP contribution in [0.5, 0.6) is 5.75 Å². The zero-order valence-corrected chi connectivity index (χ0v) is 14.8. The molecule has 3 rings (SSSR count). The van der Waals surface area contributed by atoms with Gasteiger partial charge in [0, 0.05) is 36.5 Å². The number of hydrogen-bond donors (Lipinski definition) is 1. The van der Waals surface area contributed by atoms with Crippen LogP contribution in [0.15, 0.2) is 67.0 Å². The van der Waals surface area contributed by atoms with E-state index in [1.807, 2.05) is 36.5 Å². The first-order valence-electron chi connectivity index (χ1n) is 8.48. The molecule has 0 aliphatic rings. The monoisotopic (exact) mass is 377 g/mol. The van der Waals surface area contributed by atoms with Gasteiger partial charge in [0.2, 0.25) is 5.91 Å². The fraction of sp³-hybridized carbons (Fsp3) is 0.100. The Bertz CT molecular complexity index is 1010. The van der Waals surface area contributed by atoms with Crippen molar-refractivity contribution < 1.29 is 14.8 Å². The van der Waals surface area contributed by atoms with E-state index in [0.29, 0.717) is 6.54 Å². The lowest BCUT2D eigenvalue weighted by molar-refractivity contribution is -0.385. The minimum atomic E-state index is -0.586. The Balaban J connectivity index is 1.56. The highest BCUT2D eigenvalue weighted by Crippen LogP contribution is 2.20. The van der Waals surface area contributed by atoms with Crippen LogP contribution in [0.3, 0.4) is 0 Å². The van der Waals surface area contributed by atoms with Crippen molar-refractivity contribution in [2.75, 3.05) is 0 Å². The van der Waals surface area contributed by atoms with Gasteiger partial charge in [-0.05, 0) is 17.2 Å². The number of nitro groups is 1. The molecule has 0 saturated heterocycles. The lowest BCUT2D eigenvalue weighted by atomic mass is 10.1. The number of non-ortho nitro benzene ring substituents is 1. The van der Waals surface area contributed by atoms with E-state index >= 15 is 0 Å². The summed E-state index contributed by atoms with van der Waals surface area (Å²) in [4.78, 5) is 22.1. The van der Waals surface area contributed by atoms with Crippen molar-refractivity contribution in [1.82, 2.24) is 15.1 Å². The second-order valence-electron chi connectivity index (χ2n) is 6.06. The standard InChI is InChI=1S/C20H18N4O4/c25-19-8-7-18(24(27)28)10-17(19)12-21-20(26)9-6-16-11-22-23(14-16)13-15-4-2-1-3-5-15/h1-11,14,25H,12-13H2,(H,21,26)/p-1/b9-6+. The first-order chi connectivity index (χ1) is 13.5. The van der Waals surface area contributed by atoms with E-state index in [-0.39, 0.29) is 23.5 Å². The highest BCUT2D eigenvalue weighted by Gasteiger charge is 2.07. The van der Waals surface area contributed by atoms with Crippen LogP contribution in [0.1, 0.15) is 16.7 Å². The number of aromatic nitrogens is 2. The van der Waals surface area contributed by atoms with E-state index in [9.17, 15) is 20.0 Å². The van der Waals surface area contributed by atoms with Gasteiger partial charge in [0.05, 0.1) is 17.7 Å². The fourth-order valence-electron chi connectivity index (χ4n) is 2.55. The maximum absolute atomic E-state index is 12.0. The SMILES string of the molecule is O=C(/C=C/c1cnn(Cc2ccccc2)c1)NCc1cc([N+](=O)[O-])ccc1[O-]. The predicted octanol–water partition coefficient (Wildman–Crippen LogP) is 2.24. The number of benzene rings is 2. The molecule has 0 spiro atoms. The lowest BCUT2D eigenvalue weighted by Crippen LogP contribution is -2.21. The van der Waals surface area contributed by atoms with Gasteiger partial charge in [0.1, 0.15) is 0 Å². The third-order valence-corrected chi connectivity index (χ3v) is 3.98. The Hall–Kier alpha value is -3.94. The summed E-state index contributed by atoms with van der Waals surface area (Å²) in [7, 11) is 0. The molecule has 1 N–H and O–H groups in total. The number of nitrogens with one attached hydrogen (secondary N) is 1. The third kappa shape index (κ3) is 5.04. The molecule has 142 valence electrons. The van der Waals surface area contributed by atoms with Crippen LogP contribution in [0.25, 0.3) is 6.08 Å². The van der Waals surface area contributed by atoms with Gasteiger partial charge in [-0.15, -0.1) is 5.75 Å². The Morgan fingerprint density at radius 3 is 2.75 bits per heavy atom. The largest absolute Gasteiger partial charge is 0.872 e. The van der Waals surface area contributed by atoms with Crippen LogP contribution in [0.4, 0.5) is 5.69 Å². The van der Waals surface area contributed by atoms with Gasteiger partial charge in [-0.25, -0.2) is 0 Å². The first-order valence-corrected chi connectivity index (χ1v) is 8.48. The number of rotatable bonds is 7. The normalized spacial score (nSPS) is 10.9. The second-order valence-corrected chi connectivity index (χ2v) is 6.06. The average Bonchev–Trinajstić information content (AvgIpc) is 3.13. The second kappa shape index (κ2) is 8.63. The van der Waals surface area contributed by atoms with Crippen LogP contribution in [0, 0.1) is 10.1 Å². The van der Waals surface area contributed by atoms with E-state index < -0.39 is 10.8 Å². The van der Waals surface area contributed by atoms with E-state index in [2.05, 4.69) is 10.4 Å². The minimum absolute atomic E-state index is 0.0864. The topological polar surface area (TPSA) is 113 Å². The Kier molecular flexibility index (Phi) is 5.81. The number of amides is 1. The Morgan fingerprint density at radius 1 is 1.21 bits per heavy atom. The summed E-state index contributed by atoms with van der Waals surface area (Å²) in [6, 6.07) is 13.3. The molecule has 0 unspecified atom stereocenters. The molecule has 0 aliphatic carbocycles. The maximum Gasteiger partial charge on any atom is 0.269 e. The number of carbonyl (C=O) groups is 1. The average molecular weight is 377 g/mol. The molecule has 3 aromatic rings. The van der Waals surface area contributed by atoms with Gasteiger partial charge in [-0.2, -0.15) is 5.10 Å². The summed E-state index contributed by atoms with van der Waals surface area (Å²) in [5.74, 6) is -0.779. The molecule has 0 radical (unpaired) electrons. The molecule has 1 amide bonds. The van der Waals surface area contributed by atoms with E-state index in [1.165, 1.54) is 12.1 Å². The number of hydrogen-bond acceptors (Lipinski definition) is 5. The smallest absolute Gasteiger partial charge is 0.269 e. The summed E-state index contributed by atoms with van der Waals surface area (Å²) in [5.41, 5.74) is 1.84. The van der Waals surface area contributed by atoms with Crippen molar-refractivity contribution in [1.29, 1.82) is 0 Å². The summed E-state index contributed by atoms with van der Waals surface area (Å²) in [6.45, 7) is 0.539. The highest BCUT2D eigenvalue weighted by atomic mass is 16.6. The molecular weight excluding hydrogens is 360 g/mol. The number of carbonyl (C=O) groups excluding carboxylic acids is 1. The summed E-state index contributed by atoms with van der Waals surface area (Å²) >= 11 is 0. The van der Waals surface area contributed by atoms with E-state index in [0.717, 1.165) is 23.3 Å². The Labute approximate surface area is 160 Å². The van der Waals surface area contributed by atoms with Crippen molar-refractivity contribution in [3.63, 3.8) is 0 Å². The van der Waals surface area contributed by atoms with Crippen LogP contribution >= 0.6 is 0 Å². The molecule has 2 aromatic carbocycles. The van der Waals surface area contributed by atoms with E-state index in [1.54, 1.807) is 17.0 Å². The van der Waals surface area contributed by atoms with Crippen molar-refractivity contribution in [2.24, 2.45) is 0 Å². The van der Waals surface area contributed by atoms with Crippen LogP contribution in [0.2, 0.25) is 0 Å². The predicted molar refractivity (Wildman–Crippen MR) is 101 cm³/mol. The van der Waals surface area contributed by atoms with Crippen molar-refractivity contribution in [2.45, 2.75) is 13.1 Å². The number of nitrogens with zero attached hydrogens (tertiary/aromatic N) is 3. The van der Waals surface area contributed by atoms with Crippen LogP contribution < -0.4 is 10.4 Å². The molecule has 0 aliphatic heterocycles. The fourth-order valence-corrected chi connectivity index (χ4v) is 2.55. The minimum Gasteiger partial charge on any atom is -0.872 e. The molecule has 8 nitrogen and oxygen atoms in total. The maximum atomic E-state index is 12.0. The first kappa shape index (κ1) is 18.8. The Morgan fingerprint density at radius 2 is 2.00 bits per heavy atom. The van der Waals surface area contributed by atoms with Gasteiger partial charge < -0.3 is 10.4 Å². The molecule has 1 heterocycles. The quantitative estimate of drug-likeness (QED) is 0.385. The van der Waals surface area contributed by atoms with Crippen LogP contribution in [-0.2, 0) is 17.9 Å². The molecule has 0 saturated carbocycles. The molecule has 8 heteroatoms. The van der Waals surface area contributed by atoms with E-state index in [4.69, 9.17) is 0 Å². The number of nitro benzene ring substituents is 1. The van der Waals surface area contributed by atoms with Crippen molar-refractivity contribution in [3.05, 3.63) is 93.8 Å². The lowest BCUT2D eigenvalue weighted by Gasteiger charge is -2.12. The highest BCUT2D eigenvalue weighted by molar-refractivity contribution is 5.91. The summed E-state index contributed by atoms with van der Waals surface area (Å²) in [5, 5.41) is 29.3. The van der Waals surface area contributed by atoms with Gasteiger partial charge in [0.15, 0.2) is 0 Å². The summed E-state index contributed by atoms with van der Waals surface area (Å²) < 4.78 is 1.76. The molecule has 28 heavy (non-hydrogen) atoms.